The Labute approximate surface area is 231 Å². The summed E-state index contributed by atoms with van der Waals surface area (Å²) in [6.07, 6.45) is 3.07. The number of H-pyrrole nitrogens is 1. The molecule has 0 aliphatic heterocycles. The van der Waals surface area contributed by atoms with Crippen molar-refractivity contribution in [3.63, 3.8) is 0 Å². The van der Waals surface area contributed by atoms with Gasteiger partial charge in [0.2, 0.25) is 5.65 Å². The molecular formula is C31H29N5O4. The molecule has 0 saturated heterocycles. The van der Waals surface area contributed by atoms with Gasteiger partial charge in [0.05, 0.1) is 18.4 Å². The number of aromatic nitrogens is 4. The smallest absolute Gasteiger partial charge is 0.337 e. The van der Waals surface area contributed by atoms with Gasteiger partial charge in [-0.25, -0.2) is 9.78 Å². The van der Waals surface area contributed by atoms with Crippen molar-refractivity contribution in [2.75, 3.05) is 12.4 Å². The topological polar surface area (TPSA) is 111 Å². The average Bonchev–Trinajstić information content (AvgIpc) is 3.55. The molecule has 0 atom stereocenters. The summed E-state index contributed by atoms with van der Waals surface area (Å²) in [6.45, 7) is 4.08. The summed E-state index contributed by atoms with van der Waals surface area (Å²) >= 11 is 0. The zero-order valence-electron chi connectivity index (χ0n) is 22.5. The summed E-state index contributed by atoms with van der Waals surface area (Å²) < 4.78 is 12.8. The minimum absolute atomic E-state index is 0.00357. The fourth-order valence-electron chi connectivity index (χ4n) is 4.97. The third-order valence-corrected chi connectivity index (χ3v) is 7.58. The lowest BCUT2D eigenvalue weighted by Gasteiger charge is -2.13. The SMILES string of the molecule is CCC1(c2[nH]n3nc(-c4cccc(NC(=O)c5ccccc5C)c4)nc3c2Oc2ccc(C(=O)OC)cc2)CC1. The predicted molar refractivity (Wildman–Crippen MR) is 151 cm³/mol. The number of rotatable bonds is 8. The second-order valence-corrected chi connectivity index (χ2v) is 10.1. The van der Waals surface area contributed by atoms with E-state index in [1.807, 2.05) is 49.4 Å². The molecule has 1 aliphatic rings. The van der Waals surface area contributed by atoms with Gasteiger partial charge < -0.3 is 14.8 Å². The first-order valence-corrected chi connectivity index (χ1v) is 13.2. The first-order valence-electron chi connectivity index (χ1n) is 13.2. The van der Waals surface area contributed by atoms with Crippen LogP contribution in [-0.2, 0) is 10.2 Å². The van der Waals surface area contributed by atoms with Crippen LogP contribution >= 0.6 is 0 Å². The summed E-state index contributed by atoms with van der Waals surface area (Å²) in [5.41, 5.74) is 4.92. The van der Waals surface area contributed by atoms with E-state index in [0.717, 1.165) is 36.1 Å². The average molecular weight is 536 g/mol. The lowest BCUT2D eigenvalue weighted by Crippen LogP contribution is -2.13. The molecule has 5 aromatic rings. The molecule has 40 heavy (non-hydrogen) atoms. The van der Waals surface area contributed by atoms with Gasteiger partial charge in [-0.2, -0.15) is 0 Å². The highest BCUT2D eigenvalue weighted by atomic mass is 16.5. The van der Waals surface area contributed by atoms with Crippen molar-refractivity contribution in [1.82, 2.24) is 19.8 Å². The molecule has 1 fully saturated rings. The van der Waals surface area contributed by atoms with E-state index in [2.05, 4.69) is 17.3 Å². The van der Waals surface area contributed by atoms with E-state index < -0.39 is 5.97 Å². The minimum atomic E-state index is -0.404. The fourth-order valence-corrected chi connectivity index (χ4v) is 4.97. The maximum atomic E-state index is 12.8. The van der Waals surface area contributed by atoms with Gasteiger partial charge in [0.15, 0.2) is 11.6 Å². The Kier molecular flexibility index (Phi) is 6.34. The molecule has 2 N–H and O–H groups in total. The third-order valence-electron chi connectivity index (χ3n) is 7.58. The number of methoxy groups -OCH3 is 1. The van der Waals surface area contributed by atoms with E-state index in [9.17, 15) is 9.59 Å². The molecule has 1 aliphatic carbocycles. The van der Waals surface area contributed by atoms with Gasteiger partial charge in [-0.15, -0.1) is 9.73 Å². The van der Waals surface area contributed by atoms with Crippen LogP contribution in [0.3, 0.4) is 0 Å². The van der Waals surface area contributed by atoms with Crippen LogP contribution in [0.25, 0.3) is 17.0 Å². The van der Waals surface area contributed by atoms with Crippen molar-refractivity contribution < 1.29 is 19.1 Å². The monoisotopic (exact) mass is 535 g/mol. The highest BCUT2D eigenvalue weighted by Gasteiger charge is 2.47. The van der Waals surface area contributed by atoms with Gasteiger partial charge in [-0.1, -0.05) is 37.3 Å². The van der Waals surface area contributed by atoms with Crippen LogP contribution in [0.15, 0.2) is 72.8 Å². The number of ether oxygens (including phenoxy) is 2. The quantitative estimate of drug-likeness (QED) is 0.226. The predicted octanol–water partition coefficient (Wildman–Crippen LogP) is 6.31. The number of esters is 1. The van der Waals surface area contributed by atoms with Gasteiger partial charge in [-0.3, -0.25) is 9.89 Å². The number of hydrogen-bond donors (Lipinski definition) is 2. The summed E-state index contributed by atoms with van der Waals surface area (Å²) in [5, 5.41) is 11.1. The summed E-state index contributed by atoms with van der Waals surface area (Å²) in [7, 11) is 1.35. The number of carbonyl (C=O) groups is 2. The lowest BCUT2D eigenvalue weighted by atomic mass is 9.99. The van der Waals surface area contributed by atoms with Crippen molar-refractivity contribution in [3.05, 3.63) is 95.2 Å². The van der Waals surface area contributed by atoms with E-state index in [4.69, 9.17) is 19.6 Å². The Morgan fingerprint density at radius 3 is 2.52 bits per heavy atom. The largest absolute Gasteiger partial charge is 0.465 e. The molecule has 9 heteroatoms. The zero-order valence-corrected chi connectivity index (χ0v) is 22.5. The van der Waals surface area contributed by atoms with E-state index >= 15 is 0 Å². The number of benzene rings is 3. The molecule has 202 valence electrons. The molecule has 0 spiro atoms. The number of hydrogen-bond acceptors (Lipinski definition) is 6. The van der Waals surface area contributed by atoms with Crippen molar-refractivity contribution in [3.8, 4) is 22.9 Å². The maximum Gasteiger partial charge on any atom is 0.337 e. The summed E-state index contributed by atoms with van der Waals surface area (Å²) in [4.78, 5) is 29.5. The fraction of sp³-hybridized carbons (Fsp3) is 0.226. The van der Waals surface area contributed by atoms with Crippen LogP contribution < -0.4 is 10.1 Å². The Balaban J connectivity index is 1.32. The molecule has 0 bridgehead atoms. The van der Waals surface area contributed by atoms with Gasteiger partial charge >= 0.3 is 5.97 Å². The minimum Gasteiger partial charge on any atom is -0.465 e. The van der Waals surface area contributed by atoms with Crippen molar-refractivity contribution >= 4 is 23.2 Å². The standard InChI is InChI=1S/C31H29N5O4/c1-4-31(16-17-31)26-25(40-23-14-12-20(13-15-23)30(38)39-3)28-33-27(35-36(28)34-26)21-9-7-10-22(18-21)32-29(37)24-11-6-5-8-19(24)2/h5-15,18,34H,4,16-17H2,1-3H3,(H,32,37). The molecule has 0 radical (unpaired) electrons. The van der Waals surface area contributed by atoms with E-state index in [-0.39, 0.29) is 11.3 Å². The summed E-state index contributed by atoms with van der Waals surface area (Å²) in [5.74, 6) is 1.12. The van der Waals surface area contributed by atoms with Crippen LogP contribution in [-0.4, -0.2) is 38.8 Å². The highest BCUT2D eigenvalue weighted by molar-refractivity contribution is 6.05. The second-order valence-electron chi connectivity index (χ2n) is 10.1. The van der Waals surface area contributed by atoms with Crippen LogP contribution in [0.4, 0.5) is 5.69 Å². The number of nitrogens with one attached hydrogen (secondary N) is 2. The van der Waals surface area contributed by atoms with E-state index in [0.29, 0.717) is 39.8 Å². The number of fused-ring (bicyclic) bond motifs is 1. The first-order chi connectivity index (χ1) is 19.4. The Morgan fingerprint density at radius 1 is 1.05 bits per heavy atom. The molecule has 1 saturated carbocycles. The van der Waals surface area contributed by atoms with E-state index in [1.54, 1.807) is 35.0 Å². The Morgan fingerprint density at radius 2 is 1.82 bits per heavy atom. The normalized spacial score (nSPS) is 13.7. The van der Waals surface area contributed by atoms with Gasteiger partial charge in [-0.05, 0) is 74.2 Å². The van der Waals surface area contributed by atoms with E-state index in [1.165, 1.54) is 7.11 Å². The van der Waals surface area contributed by atoms with Crippen LogP contribution in [0.2, 0.25) is 0 Å². The highest BCUT2D eigenvalue weighted by Crippen LogP contribution is 2.54. The Bertz CT molecular complexity index is 1730. The second kappa shape index (κ2) is 10.00. The lowest BCUT2D eigenvalue weighted by molar-refractivity contribution is 0.0600. The third kappa shape index (κ3) is 4.59. The van der Waals surface area contributed by atoms with Crippen molar-refractivity contribution in [2.45, 2.75) is 38.5 Å². The molecule has 6 rings (SSSR count). The molecule has 1 amide bonds. The summed E-state index contributed by atoms with van der Waals surface area (Å²) in [6, 6.07) is 21.7. The number of carbonyl (C=O) groups excluding carboxylic acids is 2. The molecular weight excluding hydrogens is 506 g/mol. The van der Waals surface area contributed by atoms with Gasteiger partial charge in [0, 0.05) is 22.2 Å². The van der Waals surface area contributed by atoms with Crippen molar-refractivity contribution in [1.29, 1.82) is 0 Å². The van der Waals surface area contributed by atoms with Crippen LogP contribution in [0, 0.1) is 6.92 Å². The first kappa shape index (κ1) is 25.4. The number of anilines is 1. The molecule has 0 unspecified atom stereocenters. The molecule has 9 nitrogen and oxygen atoms in total. The number of aromatic amines is 1. The number of amides is 1. The Hall–Kier alpha value is -4.92. The zero-order chi connectivity index (χ0) is 27.9. The maximum absolute atomic E-state index is 12.8. The van der Waals surface area contributed by atoms with Gasteiger partial charge in [0.25, 0.3) is 5.91 Å². The van der Waals surface area contributed by atoms with Crippen LogP contribution in [0.1, 0.15) is 58.2 Å². The van der Waals surface area contributed by atoms with Gasteiger partial charge in [0.1, 0.15) is 5.75 Å². The molecule has 2 aromatic heterocycles. The number of nitrogens with zero attached hydrogens (tertiary/aromatic N) is 3. The van der Waals surface area contributed by atoms with Crippen LogP contribution in [0.5, 0.6) is 11.5 Å². The van der Waals surface area contributed by atoms with Crippen molar-refractivity contribution in [2.24, 2.45) is 0 Å². The number of aryl methyl sites for hydroxylation is 1. The molecule has 3 aromatic carbocycles. The molecule has 2 heterocycles.